The zero-order valence-electron chi connectivity index (χ0n) is 30.4. The number of nitrogens with one attached hydrogen (secondary N) is 3. The average Bonchev–Trinajstić information content (AvgIpc) is 3.90. The highest BCUT2D eigenvalue weighted by Gasteiger charge is 2.41. The van der Waals surface area contributed by atoms with Crippen LogP contribution in [0.5, 0.6) is 0 Å². The minimum Gasteiger partial charge on any atom is -0.444 e. The topological polar surface area (TPSA) is 152 Å². The molecule has 0 saturated carbocycles. The van der Waals surface area contributed by atoms with Crippen LogP contribution in [0.4, 0.5) is 14.7 Å². The molecule has 2 amide bonds. The number of carbonyl (C=O) groups is 2. The Labute approximate surface area is 352 Å². The van der Waals surface area contributed by atoms with E-state index in [0.29, 0.717) is 23.7 Å². The van der Waals surface area contributed by atoms with Gasteiger partial charge >= 0.3 is 12.2 Å². The molecule has 6 atom stereocenters. The smallest absolute Gasteiger partial charge is 0.408 e. The number of ether oxygens (including phenoxy) is 2. The van der Waals surface area contributed by atoms with Gasteiger partial charge in [-0.15, -0.1) is 10.2 Å². The van der Waals surface area contributed by atoms with E-state index in [0.717, 1.165) is 65.4 Å². The van der Waals surface area contributed by atoms with E-state index in [1.807, 2.05) is 52.3 Å². The van der Waals surface area contributed by atoms with Crippen molar-refractivity contribution in [1.29, 1.82) is 0 Å². The first-order chi connectivity index (χ1) is 25.0. The molecule has 0 bridgehead atoms. The lowest BCUT2D eigenvalue weighted by atomic mass is 9.82. The summed E-state index contributed by atoms with van der Waals surface area (Å²) in [7, 11) is 0. The van der Waals surface area contributed by atoms with E-state index in [9.17, 15) is 9.59 Å². The third-order valence-electron chi connectivity index (χ3n) is 9.06. The molecule has 4 aliphatic rings. The zero-order valence-corrected chi connectivity index (χ0v) is 37.9. The van der Waals surface area contributed by atoms with Gasteiger partial charge in [-0.2, -0.15) is 9.03 Å². The fourth-order valence-electron chi connectivity index (χ4n) is 6.85. The summed E-state index contributed by atoms with van der Waals surface area (Å²) in [6.45, 7) is 15.1. The SMILES string of the molecule is Brc1nn2c(I)cnc2s1.CC(C)(C)OC(=O)N[C@@H]1C=CC[C@@H]2CN(c3nn4c(I)cnc4s3)C[C@@H]21.CC(C)(C)OC(=O)N[C@@H]1C=CC[C@@H]2CNC[C@@H]21. The zero-order chi connectivity index (χ0) is 38.1. The fourth-order valence-corrected chi connectivity index (χ4v) is 10.2. The van der Waals surface area contributed by atoms with Gasteiger partial charge < -0.3 is 30.3 Å². The largest absolute Gasteiger partial charge is 0.444 e. The monoisotopic (exact) mass is 1050 g/mol. The molecule has 0 radical (unpaired) electrons. The molecule has 53 heavy (non-hydrogen) atoms. The number of fused-ring (bicyclic) bond motifs is 4. The molecular weight excluding hydrogens is 1010 g/mol. The number of allylic oxidation sites excluding steroid dienone is 2. The number of imidazole rings is 2. The van der Waals surface area contributed by atoms with Crippen molar-refractivity contribution in [2.75, 3.05) is 31.1 Å². The molecule has 0 spiro atoms. The Hall–Kier alpha value is -2.08. The second kappa shape index (κ2) is 17.0. The van der Waals surface area contributed by atoms with Crippen LogP contribution in [0.25, 0.3) is 9.92 Å². The van der Waals surface area contributed by atoms with Crippen LogP contribution < -0.4 is 20.9 Å². The van der Waals surface area contributed by atoms with Gasteiger partial charge in [0, 0.05) is 25.6 Å². The number of halogens is 3. The number of hydrogen-bond acceptors (Lipinski definition) is 12. The molecule has 0 unspecified atom stereocenters. The summed E-state index contributed by atoms with van der Waals surface area (Å²) in [5.41, 5.74) is -0.924. The summed E-state index contributed by atoms with van der Waals surface area (Å²) in [6, 6.07) is 0.108. The van der Waals surface area contributed by atoms with Crippen LogP contribution >= 0.6 is 83.8 Å². The quantitative estimate of drug-likeness (QED) is 0.143. The van der Waals surface area contributed by atoms with Crippen molar-refractivity contribution >= 4 is 111 Å². The number of nitrogens with zero attached hydrogens (tertiary/aromatic N) is 7. The highest BCUT2D eigenvalue weighted by molar-refractivity contribution is 14.1. The number of rotatable bonds is 3. The van der Waals surface area contributed by atoms with Gasteiger partial charge in [-0.05, 0) is 140 Å². The van der Waals surface area contributed by atoms with E-state index >= 15 is 0 Å². The van der Waals surface area contributed by atoms with Crippen LogP contribution in [-0.2, 0) is 9.47 Å². The fraction of sp³-hybridized carbons (Fsp3) is 0.588. The van der Waals surface area contributed by atoms with E-state index < -0.39 is 11.2 Å². The van der Waals surface area contributed by atoms with Crippen LogP contribution in [0.1, 0.15) is 54.4 Å². The Balaban J connectivity index is 0.000000152. The molecule has 4 aromatic heterocycles. The van der Waals surface area contributed by atoms with Crippen molar-refractivity contribution in [1.82, 2.24) is 45.1 Å². The molecule has 8 rings (SSSR count). The number of hydrogen-bond donors (Lipinski definition) is 3. The number of anilines is 1. The van der Waals surface area contributed by atoms with E-state index in [2.05, 4.69) is 121 Å². The second-order valence-electron chi connectivity index (χ2n) is 15.4. The minimum atomic E-state index is -0.490. The first kappa shape index (κ1) is 40.6. The van der Waals surface area contributed by atoms with Crippen molar-refractivity contribution in [3.63, 3.8) is 0 Å². The highest BCUT2D eigenvalue weighted by atomic mass is 127. The number of amides is 2. The minimum absolute atomic E-state index is 0.00205. The van der Waals surface area contributed by atoms with Gasteiger partial charge in [-0.3, -0.25) is 0 Å². The normalized spacial score (nSPS) is 24.9. The van der Waals surface area contributed by atoms with Crippen LogP contribution in [0.2, 0.25) is 0 Å². The van der Waals surface area contributed by atoms with Crippen LogP contribution in [-0.4, -0.2) is 90.8 Å². The molecule has 288 valence electrons. The van der Waals surface area contributed by atoms with Crippen LogP contribution in [0.15, 0.2) is 40.6 Å². The lowest BCUT2D eigenvalue weighted by Crippen LogP contribution is -2.45. The summed E-state index contributed by atoms with van der Waals surface area (Å²) in [5, 5.41) is 19.2. The van der Waals surface area contributed by atoms with Crippen molar-refractivity contribution in [2.45, 2.75) is 77.7 Å². The summed E-state index contributed by atoms with van der Waals surface area (Å²) in [5.74, 6) is 2.03. The Kier molecular flexibility index (Phi) is 13.0. The predicted molar refractivity (Wildman–Crippen MR) is 228 cm³/mol. The molecule has 19 heteroatoms. The van der Waals surface area contributed by atoms with Gasteiger partial charge in [0.1, 0.15) is 18.6 Å². The summed E-state index contributed by atoms with van der Waals surface area (Å²) in [6.07, 6.45) is 13.6. The van der Waals surface area contributed by atoms with Gasteiger partial charge in [0.2, 0.25) is 15.1 Å². The van der Waals surface area contributed by atoms with Crippen molar-refractivity contribution < 1.29 is 19.1 Å². The molecule has 2 aliphatic carbocycles. The van der Waals surface area contributed by atoms with Gasteiger partial charge in [-0.1, -0.05) is 47.0 Å². The van der Waals surface area contributed by atoms with Crippen LogP contribution in [0.3, 0.4) is 0 Å². The molecule has 3 N–H and O–H groups in total. The molecule has 6 heterocycles. The average molecular weight is 1060 g/mol. The first-order valence-corrected chi connectivity index (χ1v) is 22.0. The summed E-state index contributed by atoms with van der Waals surface area (Å²) < 4.78 is 17.3. The Morgan fingerprint density at radius 2 is 1.36 bits per heavy atom. The van der Waals surface area contributed by atoms with Crippen LogP contribution in [0, 0.1) is 31.1 Å². The molecule has 0 aromatic carbocycles. The van der Waals surface area contributed by atoms with Gasteiger partial charge in [0.05, 0.1) is 24.5 Å². The van der Waals surface area contributed by atoms with E-state index in [1.165, 1.54) is 11.3 Å². The maximum absolute atomic E-state index is 12.2. The maximum atomic E-state index is 12.2. The molecule has 14 nitrogen and oxygen atoms in total. The van der Waals surface area contributed by atoms with Gasteiger partial charge in [0.25, 0.3) is 0 Å². The molecule has 2 aliphatic heterocycles. The molecule has 4 aromatic rings. The molecular formula is C34H45BrI2N10O4S2. The lowest BCUT2D eigenvalue weighted by Gasteiger charge is -2.30. The summed E-state index contributed by atoms with van der Waals surface area (Å²) >= 11 is 10.9. The van der Waals surface area contributed by atoms with Crippen molar-refractivity contribution in [3.05, 3.63) is 48.0 Å². The molecule has 2 fully saturated rings. The highest BCUT2D eigenvalue weighted by Crippen LogP contribution is 2.37. The van der Waals surface area contributed by atoms with E-state index in [1.54, 1.807) is 22.0 Å². The number of alkyl carbamates (subject to hydrolysis) is 2. The third-order valence-corrected chi connectivity index (χ3v) is 12.9. The maximum Gasteiger partial charge on any atom is 0.408 e. The first-order valence-electron chi connectivity index (χ1n) is 17.5. The second-order valence-corrected chi connectivity index (χ2v) is 20.8. The Morgan fingerprint density at radius 3 is 1.92 bits per heavy atom. The summed E-state index contributed by atoms with van der Waals surface area (Å²) in [4.78, 5) is 36.6. The number of carbonyl (C=O) groups excluding carboxylic acids is 2. The Bertz CT molecular complexity index is 1960. The van der Waals surface area contributed by atoms with Crippen molar-refractivity contribution in [3.8, 4) is 0 Å². The Morgan fingerprint density at radius 1 is 0.811 bits per heavy atom. The third kappa shape index (κ3) is 10.6. The van der Waals surface area contributed by atoms with Crippen molar-refractivity contribution in [2.24, 2.45) is 23.7 Å². The van der Waals surface area contributed by atoms with Gasteiger partial charge in [0.15, 0.2) is 3.92 Å². The number of aromatic nitrogens is 6. The lowest BCUT2D eigenvalue weighted by molar-refractivity contribution is 0.0483. The molecule has 2 saturated heterocycles. The predicted octanol–water partition coefficient (Wildman–Crippen LogP) is 7.13. The standard InChI is InChI=1S/C17H22IN5O2S.C13H22N2O2.C4HBrIN3S/c1-17(2,3)25-16(24)20-12-6-4-5-10-8-22(9-11(10)12)15-21-23-13(18)7-19-14(23)26-15;1-13(2,3)17-12(16)15-11-6-4-5-9-7-14-8-10(9)11;5-3-8-9-2(6)1-7-4(9)10-3/h4,6-7,10-12H,5,8-9H2,1-3H3,(H,20,24);4,6,9-11,14H,5,7-8H2,1-3H3,(H,15,16);1H/t10-,11+,12-;9-,10+,11-;/m11./s1. The van der Waals surface area contributed by atoms with Gasteiger partial charge in [-0.25, -0.2) is 19.6 Å². The van der Waals surface area contributed by atoms with E-state index in [-0.39, 0.29) is 24.3 Å². The van der Waals surface area contributed by atoms with E-state index in [4.69, 9.17) is 14.6 Å².